The van der Waals surface area contributed by atoms with Crippen LogP contribution in [0.5, 0.6) is 0 Å². The number of H-pyrrole nitrogens is 1. The second-order valence-electron chi connectivity index (χ2n) is 9.45. The van der Waals surface area contributed by atoms with Crippen LogP contribution < -0.4 is 10.9 Å². The van der Waals surface area contributed by atoms with Gasteiger partial charge in [-0.3, -0.25) is 18.9 Å². The van der Waals surface area contributed by atoms with Crippen molar-refractivity contribution < 1.29 is 4.79 Å². The summed E-state index contributed by atoms with van der Waals surface area (Å²) in [5, 5.41) is 3.41. The fourth-order valence-corrected chi connectivity index (χ4v) is 4.94. The second kappa shape index (κ2) is 10.4. The number of carbonyl (C=O) groups excluding carboxylic acids is 1. The van der Waals surface area contributed by atoms with Gasteiger partial charge in [0, 0.05) is 74.2 Å². The fraction of sp³-hybridized carbons (Fsp3) is 0.167. The quantitative estimate of drug-likeness (QED) is 0.358. The summed E-state index contributed by atoms with van der Waals surface area (Å²) < 4.78 is 1.95. The maximum Gasteiger partial charge on any atom is 0.253 e. The predicted molar refractivity (Wildman–Crippen MR) is 149 cm³/mol. The van der Waals surface area contributed by atoms with Crippen molar-refractivity contribution in [2.45, 2.75) is 6.54 Å². The molecule has 0 spiro atoms. The zero-order chi connectivity index (χ0) is 25.9. The van der Waals surface area contributed by atoms with Crippen molar-refractivity contribution in [1.82, 2.24) is 24.2 Å². The van der Waals surface area contributed by atoms with Crippen molar-refractivity contribution in [2.24, 2.45) is 0 Å². The Morgan fingerprint density at radius 2 is 1.71 bits per heavy atom. The first-order valence-electron chi connectivity index (χ1n) is 12.7. The summed E-state index contributed by atoms with van der Waals surface area (Å²) in [5.74, 6) is 0.0637. The number of piperazine rings is 1. The van der Waals surface area contributed by atoms with Crippen LogP contribution in [-0.4, -0.2) is 56.3 Å². The summed E-state index contributed by atoms with van der Waals surface area (Å²) in [6.07, 6.45) is 5.25. The lowest BCUT2D eigenvalue weighted by atomic mass is 10.1. The molecule has 4 heterocycles. The van der Waals surface area contributed by atoms with Crippen LogP contribution in [0.3, 0.4) is 0 Å². The average Bonchev–Trinajstić information content (AvgIpc) is 3.45. The summed E-state index contributed by atoms with van der Waals surface area (Å²) >= 11 is 0. The van der Waals surface area contributed by atoms with Crippen LogP contribution in [0.2, 0.25) is 0 Å². The van der Waals surface area contributed by atoms with Crippen LogP contribution in [0.25, 0.3) is 16.9 Å². The van der Waals surface area contributed by atoms with Crippen LogP contribution in [-0.2, 0) is 6.54 Å². The van der Waals surface area contributed by atoms with Gasteiger partial charge in [-0.25, -0.2) is 4.98 Å². The number of nitrogens with zero attached hydrogens (tertiary/aromatic N) is 4. The lowest BCUT2D eigenvalue weighted by molar-refractivity contribution is 0.0628. The normalized spacial score (nSPS) is 14.1. The van der Waals surface area contributed by atoms with E-state index in [1.807, 2.05) is 64.0 Å². The number of fused-ring (bicyclic) bond motifs is 1. The second-order valence-corrected chi connectivity index (χ2v) is 9.45. The molecule has 5 aromatic rings. The Kier molecular flexibility index (Phi) is 6.46. The van der Waals surface area contributed by atoms with E-state index in [1.165, 1.54) is 5.56 Å². The highest BCUT2D eigenvalue weighted by Gasteiger charge is 2.22. The van der Waals surface area contributed by atoms with Crippen molar-refractivity contribution in [2.75, 3.05) is 31.5 Å². The van der Waals surface area contributed by atoms with Gasteiger partial charge in [0.1, 0.15) is 0 Å². The minimum absolute atomic E-state index is 0.0637. The highest BCUT2D eigenvalue weighted by Crippen LogP contribution is 2.27. The Morgan fingerprint density at radius 1 is 0.921 bits per heavy atom. The number of aromatic amines is 1. The molecule has 2 aromatic carbocycles. The number of benzene rings is 2. The number of anilines is 2. The summed E-state index contributed by atoms with van der Waals surface area (Å²) in [7, 11) is 0. The molecule has 1 aliphatic rings. The van der Waals surface area contributed by atoms with Gasteiger partial charge in [-0.1, -0.05) is 30.3 Å². The number of imidazole rings is 1. The van der Waals surface area contributed by atoms with Crippen molar-refractivity contribution in [3.05, 3.63) is 119 Å². The molecule has 0 unspecified atom stereocenters. The molecule has 1 aliphatic heterocycles. The van der Waals surface area contributed by atoms with Gasteiger partial charge in [0.05, 0.1) is 11.4 Å². The minimum Gasteiger partial charge on any atom is -0.352 e. The standard InChI is InChI=1S/C30H28N6O2/c37-28-20-24(12-13-31-28)27-11-10-26(29-32-14-15-36(27)29)33-25-8-6-23(7-9-25)30(38)35-18-16-34(17-19-35)21-22-4-2-1-3-5-22/h1-15,20,33H,16-19,21H2,(H,31,37). The van der Waals surface area contributed by atoms with E-state index in [0.717, 1.165) is 61.0 Å². The smallest absolute Gasteiger partial charge is 0.253 e. The van der Waals surface area contributed by atoms with Crippen molar-refractivity contribution in [3.8, 4) is 11.3 Å². The first kappa shape index (κ1) is 23.7. The number of carbonyl (C=O) groups is 1. The zero-order valence-electron chi connectivity index (χ0n) is 20.9. The average molecular weight is 505 g/mol. The Balaban J connectivity index is 1.12. The molecule has 8 nitrogen and oxygen atoms in total. The number of aromatic nitrogens is 3. The lowest BCUT2D eigenvalue weighted by Gasteiger charge is -2.34. The van der Waals surface area contributed by atoms with Gasteiger partial charge in [-0.05, 0) is 48.0 Å². The summed E-state index contributed by atoms with van der Waals surface area (Å²) in [6, 6.07) is 25.4. The third kappa shape index (κ3) is 4.94. The van der Waals surface area contributed by atoms with E-state index in [-0.39, 0.29) is 11.5 Å². The molecular weight excluding hydrogens is 476 g/mol. The molecule has 6 rings (SSSR count). The highest BCUT2D eigenvalue weighted by molar-refractivity contribution is 5.94. The predicted octanol–water partition coefficient (Wildman–Crippen LogP) is 4.39. The largest absolute Gasteiger partial charge is 0.352 e. The molecule has 1 saturated heterocycles. The molecule has 0 aliphatic carbocycles. The number of amides is 1. The first-order valence-corrected chi connectivity index (χ1v) is 12.7. The molecule has 0 bridgehead atoms. The summed E-state index contributed by atoms with van der Waals surface area (Å²) in [5.41, 5.74) is 5.96. The zero-order valence-corrected chi connectivity index (χ0v) is 20.9. The third-order valence-corrected chi connectivity index (χ3v) is 6.94. The van der Waals surface area contributed by atoms with E-state index in [9.17, 15) is 9.59 Å². The number of rotatable bonds is 6. The van der Waals surface area contributed by atoms with E-state index >= 15 is 0 Å². The van der Waals surface area contributed by atoms with E-state index in [0.29, 0.717) is 5.56 Å². The SMILES string of the molecule is O=C(c1ccc(Nc2ccc(-c3cc[nH]c(=O)c3)n3ccnc23)cc1)N1CCN(Cc2ccccc2)CC1. The van der Waals surface area contributed by atoms with Gasteiger partial charge >= 0.3 is 0 Å². The van der Waals surface area contributed by atoms with Crippen molar-refractivity contribution in [1.29, 1.82) is 0 Å². The van der Waals surface area contributed by atoms with E-state index in [1.54, 1.807) is 18.5 Å². The number of hydrogen-bond donors (Lipinski definition) is 2. The van der Waals surface area contributed by atoms with Gasteiger partial charge in [0.2, 0.25) is 5.56 Å². The molecule has 190 valence electrons. The molecule has 2 N–H and O–H groups in total. The summed E-state index contributed by atoms with van der Waals surface area (Å²) in [4.78, 5) is 36.4. The van der Waals surface area contributed by atoms with Crippen LogP contribution >= 0.6 is 0 Å². The monoisotopic (exact) mass is 504 g/mol. The molecule has 0 radical (unpaired) electrons. The van der Waals surface area contributed by atoms with E-state index in [2.05, 4.69) is 44.5 Å². The Bertz CT molecular complexity index is 1620. The summed E-state index contributed by atoms with van der Waals surface area (Å²) in [6.45, 7) is 4.10. The number of nitrogens with one attached hydrogen (secondary N) is 2. The molecule has 0 atom stereocenters. The molecule has 0 saturated carbocycles. The van der Waals surface area contributed by atoms with Gasteiger partial charge in [-0.2, -0.15) is 0 Å². The Labute approximate surface area is 220 Å². The third-order valence-electron chi connectivity index (χ3n) is 6.94. The Hall–Kier alpha value is -4.69. The topological polar surface area (TPSA) is 85.7 Å². The lowest BCUT2D eigenvalue weighted by Crippen LogP contribution is -2.48. The molecule has 1 fully saturated rings. The van der Waals surface area contributed by atoms with Gasteiger partial charge < -0.3 is 15.2 Å². The van der Waals surface area contributed by atoms with Crippen molar-refractivity contribution >= 4 is 22.9 Å². The van der Waals surface area contributed by atoms with E-state index in [4.69, 9.17) is 0 Å². The van der Waals surface area contributed by atoms with Crippen LogP contribution in [0, 0.1) is 0 Å². The number of hydrogen-bond acceptors (Lipinski definition) is 5. The molecular formula is C30H28N6O2. The molecule has 8 heteroatoms. The van der Waals surface area contributed by atoms with Crippen LogP contribution in [0.1, 0.15) is 15.9 Å². The van der Waals surface area contributed by atoms with Gasteiger partial charge in [0.15, 0.2) is 5.65 Å². The molecule has 3 aromatic heterocycles. The molecule has 38 heavy (non-hydrogen) atoms. The Morgan fingerprint density at radius 3 is 2.47 bits per heavy atom. The number of pyridine rings is 2. The van der Waals surface area contributed by atoms with Crippen molar-refractivity contribution in [3.63, 3.8) is 0 Å². The fourth-order valence-electron chi connectivity index (χ4n) is 4.94. The van der Waals surface area contributed by atoms with E-state index < -0.39 is 0 Å². The highest BCUT2D eigenvalue weighted by atomic mass is 16.2. The maximum absolute atomic E-state index is 13.1. The maximum atomic E-state index is 13.1. The van der Waals surface area contributed by atoms with Crippen LogP contribution in [0.15, 0.2) is 102 Å². The van der Waals surface area contributed by atoms with Gasteiger partial charge in [0.25, 0.3) is 5.91 Å². The first-order chi connectivity index (χ1) is 18.6. The van der Waals surface area contributed by atoms with Crippen LogP contribution in [0.4, 0.5) is 11.4 Å². The van der Waals surface area contributed by atoms with Gasteiger partial charge in [-0.15, -0.1) is 0 Å². The minimum atomic E-state index is -0.151. The molecule has 1 amide bonds.